The Morgan fingerprint density at radius 1 is 1.24 bits per heavy atom. The van der Waals surface area contributed by atoms with Gasteiger partial charge in [0.1, 0.15) is 5.75 Å². The van der Waals surface area contributed by atoms with Gasteiger partial charge in [0.2, 0.25) is 0 Å². The smallest absolute Gasteiger partial charge is 0.151 e. The number of aldehydes is 1. The molecule has 3 heteroatoms. The van der Waals surface area contributed by atoms with E-state index in [1.54, 1.807) is 6.07 Å². The lowest BCUT2D eigenvalue weighted by Crippen LogP contribution is -1.97. The van der Waals surface area contributed by atoms with E-state index in [0.29, 0.717) is 5.56 Å². The summed E-state index contributed by atoms with van der Waals surface area (Å²) in [6, 6.07) is 5.44. The van der Waals surface area contributed by atoms with Crippen molar-refractivity contribution in [3.63, 3.8) is 0 Å². The predicted octanol–water partition coefficient (Wildman–Crippen LogP) is 4.61. The Kier molecular flexibility index (Phi) is 6.94. The fourth-order valence-corrected chi connectivity index (χ4v) is 2.04. The Hall–Kier alpha value is -0.830. The Balaban J connectivity index is 2.27. The normalized spacial score (nSPS) is 10.2. The highest BCUT2D eigenvalue weighted by Gasteiger charge is 2.00. The van der Waals surface area contributed by atoms with Gasteiger partial charge in [-0.15, -0.1) is 0 Å². The minimum atomic E-state index is 0.653. The lowest BCUT2D eigenvalue weighted by molar-refractivity contribution is 0.112. The lowest BCUT2D eigenvalue weighted by atomic mass is 10.2. The number of benzene rings is 1. The van der Waals surface area contributed by atoms with Crippen LogP contribution in [0.25, 0.3) is 0 Å². The van der Waals surface area contributed by atoms with Crippen LogP contribution in [0.3, 0.4) is 0 Å². The summed E-state index contributed by atoms with van der Waals surface area (Å²) >= 11 is 3.34. The molecule has 94 valence electrons. The number of hydrogen-bond donors (Lipinski definition) is 0. The second-order valence-electron chi connectivity index (χ2n) is 4.06. The van der Waals surface area contributed by atoms with Gasteiger partial charge in [-0.3, -0.25) is 4.79 Å². The second kappa shape index (κ2) is 8.29. The quantitative estimate of drug-likeness (QED) is 0.517. The molecule has 1 aromatic rings. The maximum absolute atomic E-state index is 10.6. The Labute approximate surface area is 111 Å². The van der Waals surface area contributed by atoms with Gasteiger partial charge < -0.3 is 4.74 Å². The van der Waals surface area contributed by atoms with Gasteiger partial charge in [-0.25, -0.2) is 0 Å². The zero-order valence-electron chi connectivity index (χ0n) is 10.2. The third-order valence-electron chi connectivity index (χ3n) is 2.62. The summed E-state index contributed by atoms with van der Waals surface area (Å²) in [7, 11) is 0. The molecule has 0 bridgehead atoms. The zero-order chi connectivity index (χ0) is 12.5. The van der Waals surface area contributed by atoms with E-state index in [4.69, 9.17) is 4.74 Å². The number of carbonyl (C=O) groups is 1. The van der Waals surface area contributed by atoms with Crippen molar-refractivity contribution >= 4 is 22.2 Å². The van der Waals surface area contributed by atoms with Crippen LogP contribution in [-0.4, -0.2) is 12.9 Å². The number of halogens is 1. The fraction of sp³-hybridized carbons (Fsp3) is 0.500. The van der Waals surface area contributed by atoms with Crippen molar-refractivity contribution in [2.24, 2.45) is 0 Å². The molecule has 1 aromatic carbocycles. The van der Waals surface area contributed by atoms with Crippen LogP contribution < -0.4 is 4.74 Å². The SMILES string of the molecule is CCCCCCCOc1ccc(C=O)c(Br)c1. The predicted molar refractivity (Wildman–Crippen MR) is 73.8 cm³/mol. The number of unbranched alkanes of at least 4 members (excludes halogenated alkanes) is 4. The number of ether oxygens (including phenoxy) is 1. The molecule has 1 rings (SSSR count). The molecule has 0 aromatic heterocycles. The summed E-state index contributed by atoms with van der Waals surface area (Å²) in [6.07, 6.45) is 7.00. The van der Waals surface area contributed by atoms with Gasteiger partial charge in [0, 0.05) is 10.0 Å². The highest BCUT2D eigenvalue weighted by Crippen LogP contribution is 2.22. The van der Waals surface area contributed by atoms with Crippen LogP contribution in [0, 0.1) is 0 Å². The molecular formula is C14H19BrO2. The van der Waals surface area contributed by atoms with Crippen molar-refractivity contribution in [3.8, 4) is 5.75 Å². The molecule has 0 spiro atoms. The van der Waals surface area contributed by atoms with Crippen molar-refractivity contribution in [3.05, 3.63) is 28.2 Å². The molecule has 0 saturated heterocycles. The van der Waals surface area contributed by atoms with Crippen molar-refractivity contribution < 1.29 is 9.53 Å². The monoisotopic (exact) mass is 298 g/mol. The zero-order valence-corrected chi connectivity index (χ0v) is 11.8. The summed E-state index contributed by atoms with van der Waals surface area (Å²) in [6.45, 7) is 2.96. The molecule has 0 radical (unpaired) electrons. The van der Waals surface area contributed by atoms with Gasteiger partial charge in [0.15, 0.2) is 6.29 Å². The third-order valence-corrected chi connectivity index (χ3v) is 3.30. The molecular weight excluding hydrogens is 280 g/mol. The van der Waals surface area contributed by atoms with E-state index in [0.717, 1.165) is 29.5 Å². The van der Waals surface area contributed by atoms with Gasteiger partial charge in [-0.2, -0.15) is 0 Å². The number of rotatable bonds is 8. The Morgan fingerprint density at radius 2 is 2.00 bits per heavy atom. The molecule has 0 aliphatic carbocycles. The topological polar surface area (TPSA) is 26.3 Å². The first kappa shape index (κ1) is 14.2. The molecule has 0 heterocycles. The van der Waals surface area contributed by atoms with E-state index in [-0.39, 0.29) is 0 Å². The highest BCUT2D eigenvalue weighted by atomic mass is 79.9. The van der Waals surface area contributed by atoms with E-state index in [1.807, 2.05) is 12.1 Å². The van der Waals surface area contributed by atoms with E-state index in [2.05, 4.69) is 22.9 Å². The van der Waals surface area contributed by atoms with Crippen molar-refractivity contribution in [1.82, 2.24) is 0 Å². The van der Waals surface area contributed by atoms with Crippen molar-refractivity contribution in [2.45, 2.75) is 39.0 Å². The Morgan fingerprint density at radius 3 is 2.65 bits per heavy atom. The van der Waals surface area contributed by atoms with Crippen LogP contribution in [0.15, 0.2) is 22.7 Å². The first-order valence-corrected chi connectivity index (χ1v) is 6.94. The van der Waals surface area contributed by atoms with Crippen LogP contribution in [0.1, 0.15) is 49.4 Å². The lowest BCUT2D eigenvalue weighted by Gasteiger charge is -2.07. The van der Waals surface area contributed by atoms with Crippen LogP contribution >= 0.6 is 15.9 Å². The van der Waals surface area contributed by atoms with E-state index >= 15 is 0 Å². The molecule has 0 aliphatic rings. The molecule has 0 unspecified atom stereocenters. The Bertz CT molecular complexity index is 350. The number of carbonyl (C=O) groups excluding carboxylic acids is 1. The van der Waals surface area contributed by atoms with Crippen LogP contribution in [0.2, 0.25) is 0 Å². The summed E-state index contributed by atoms with van der Waals surface area (Å²) in [5.41, 5.74) is 0.653. The first-order valence-electron chi connectivity index (χ1n) is 6.15. The van der Waals surface area contributed by atoms with Crippen molar-refractivity contribution in [1.29, 1.82) is 0 Å². The van der Waals surface area contributed by atoms with Gasteiger partial charge >= 0.3 is 0 Å². The van der Waals surface area contributed by atoms with Gasteiger partial charge in [0.25, 0.3) is 0 Å². The van der Waals surface area contributed by atoms with Gasteiger partial charge in [-0.05, 0) is 40.5 Å². The largest absolute Gasteiger partial charge is 0.494 e. The van der Waals surface area contributed by atoms with Crippen LogP contribution in [0.5, 0.6) is 5.75 Å². The van der Waals surface area contributed by atoms with E-state index < -0.39 is 0 Å². The molecule has 0 aliphatic heterocycles. The molecule has 0 saturated carbocycles. The molecule has 0 atom stereocenters. The molecule has 0 amide bonds. The van der Waals surface area contributed by atoms with Gasteiger partial charge in [-0.1, -0.05) is 32.6 Å². The van der Waals surface area contributed by atoms with Crippen molar-refractivity contribution in [2.75, 3.05) is 6.61 Å². The summed E-state index contributed by atoms with van der Waals surface area (Å²) < 4.78 is 6.41. The maximum Gasteiger partial charge on any atom is 0.151 e. The third kappa shape index (κ3) is 5.35. The fourth-order valence-electron chi connectivity index (χ4n) is 1.59. The number of hydrogen-bond acceptors (Lipinski definition) is 2. The summed E-state index contributed by atoms with van der Waals surface area (Å²) in [5, 5.41) is 0. The second-order valence-corrected chi connectivity index (χ2v) is 4.92. The molecule has 2 nitrogen and oxygen atoms in total. The van der Waals surface area contributed by atoms with Crippen LogP contribution in [0.4, 0.5) is 0 Å². The average molecular weight is 299 g/mol. The highest BCUT2D eigenvalue weighted by molar-refractivity contribution is 9.10. The molecule has 17 heavy (non-hydrogen) atoms. The minimum absolute atomic E-state index is 0.653. The maximum atomic E-state index is 10.6. The molecule has 0 N–H and O–H groups in total. The first-order chi connectivity index (χ1) is 8.27. The van der Waals surface area contributed by atoms with Crippen LogP contribution in [-0.2, 0) is 0 Å². The van der Waals surface area contributed by atoms with Gasteiger partial charge in [0.05, 0.1) is 6.61 Å². The van der Waals surface area contributed by atoms with E-state index in [1.165, 1.54) is 25.7 Å². The van der Waals surface area contributed by atoms with E-state index in [9.17, 15) is 4.79 Å². The summed E-state index contributed by atoms with van der Waals surface area (Å²) in [4.78, 5) is 10.6. The molecule has 0 fully saturated rings. The average Bonchev–Trinajstić information content (AvgIpc) is 2.34. The standard InChI is InChI=1S/C14H19BrO2/c1-2-3-4-5-6-9-17-13-8-7-12(11-16)14(15)10-13/h7-8,10-11H,2-6,9H2,1H3. The minimum Gasteiger partial charge on any atom is -0.494 e. The summed E-state index contributed by atoms with van der Waals surface area (Å²) in [5.74, 6) is 0.818.